The van der Waals surface area contributed by atoms with E-state index in [0.717, 1.165) is 13.0 Å². The van der Waals surface area contributed by atoms with Gasteiger partial charge in [0.05, 0.1) is 5.69 Å². The average Bonchev–Trinajstić information content (AvgIpc) is 2.45. The summed E-state index contributed by atoms with van der Waals surface area (Å²) < 4.78 is 41.1. The fourth-order valence-corrected chi connectivity index (χ4v) is 1.72. The van der Waals surface area contributed by atoms with Crippen LogP contribution in [0.1, 0.15) is 13.3 Å². The Balaban J connectivity index is 2.25. The van der Waals surface area contributed by atoms with Crippen molar-refractivity contribution in [3.05, 3.63) is 36.4 Å². The van der Waals surface area contributed by atoms with Gasteiger partial charge in [0.15, 0.2) is 0 Å². The van der Waals surface area contributed by atoms with Crippen LogP contribution in [0.25, 0.3) is 11.3 Å². The molecule has 0 atom stereocenters. The molecule has 0 aliphatic heterocycles. The number of para-hydroxylation sites is 1. The molecule has 0 aliphatic rings. The monoisotopic (exact) mass is 297 g/mol. The van der Waals surface area contributed by atoms with E-state index in [1.54, 1.807) is 18.2 Å². The fourth-order valence-electron chi connectivity index (χ4n) is 1.72. The van der Waals surface area contributed by atoms with Crippen LogP contribution < -0.4 is 10.1 Å². The summed E-state index contributed by atoms with van der Waals surface area (Å²) in [7, 11) is 0. The van der Waals surface area contributed by atoms with E-state index in [9.17, 15) is 13.2 Å². The van der Waals surface area contributed by atoms with Crippen LogP contribution in [0.4, 0.5) is 19.0 Å². The van der Waals surface area contributed by atoms with Crippen molar-refractivity contribution >= 4 is 5.82 Å². The van der Waals surface area contributed by atoms with Crippen LogP contribution in [-0.2, 0) is 0 Å². The smallest absolute Gasteiger partial charge is 0.405 e. The first kappa shape index (κ1) is 15.1. The number of ether oxygens (including phenoxy) is 1. The van der Waals surface area contributed by atoms with Gasteiger partial charge in [0.1, 0.15) is 11.6 Å². The molecule has 0 unspecified atom stereocenters. The topological polar surface area (TPSA) is 47.0 Å². The summed E-state index contributed by atoms with van der Waals surface area (Å²) in [6.07, 6.45) is -3.81. The van der Waals surface area contributed by atoms with E-state index >= 15 is 0 Å². The number of hydrogen-bond acceptors (Lipinski definition) is 4. The Morgan fingerprint density at radius 3 is 2.48 bits per heavy atom. The third-order valence-electron chi connectivity index (χ3n) is 2.61. The van der Waals surface area contributed by atoms with Gasteiger partial charge < -0.3 is 10.1 Å². The molecule has 7 heteroatoms. The zero-order valence-electron chi connectivity index (χ0n) is 11.3. The molecule has 0 radical (unpaired) electrons. The summed E-state index contributed by atoms with van der Waals surface area (Å²) in [6, 6.07) is 9.10. The van der Waals surface area contributed by atoms with Crippen molar-refractivity contribution in [1.29, 1.82) is 0 Å². The van der Waals surface area contributed by atoms with Gasteiger partial charge >= 0.3 is 6.36 Å². The van der Waals surface area contributed by atoms with Crippen molar-refractivity contribution in [2.24, 2.45) is 0 Å². The Labute approximate surface area is 120 Å². The number of hydrogen-bond donors (Lipinski definition) is 1. The van der Waals surface area contributed by atoms with Crippen LogP contribution in [0.3, 0.4) is 0 Å². The standard InChI is InChI=1S/C14H14F3N3O/c1-2-9-18-13-8-7-11(19-20-13)10-5-3-4-6-12(10)21-14(15,16)17/h3-8H,2,9H2,1H3,(H,18,20). The number of benzene rings is 1. The SMILES string of the molecule is CCCNc1ccc(-c2ccccc2OC(F)(F)F)nn1. The molecule has 1 N–H and O–H groups in total. The van der Waals surface area contributed by atoms with E-state index in [1.807, 2.05) is 6.92 Å². The van der Waals surface area contributed by atoms with Gasteiger partial charge in [-0.3, -0.25) is 0 Å². The van der Waals surface area contributed by atoms with Gasteiger partial charge in [0.2, 0.25) is 0 Å². The second kappa shape index (κ2) is 6.43. The Morgan fingerprint density at radius 1 is 1.10 bits per heavy atom. The number of alkyl halides is 3. The minimum absolute atomic E-state index is 0.240. The van der Waals surface area contributed by atoms with Gasteiger partial charge in [-0.25, -0.2) is 0 Å². The molecule has 0 fully saturated rings. The zero-order chi connectivity index (χ0) is 15.3. The number of rotatable bonds is 5. The second-order valence-corrected chi connectivity index (χ2v) is 4.27. The Hall–Kier alpha value is -2.31. The van der Waals surface area contributed by atoms with Crippen LogP contribution in [-0.4, -0.2) is 23.1 Å². The number of nitrogens with zero attached hydrogens (tertiary/aromatic N) is 2. The first-order chi connectivity index (χ1) is 9.99. The van der Waals surface area contributed by atoms with Crippen LogP contribution in [0.5, 0.6) is 5.75 Å². The van der Waals surface area contributed by atoms with E-state index in [0.29, 0.717) is 11.5 Å². The van der Waals surface area contributed by atoms with Crippen LogP contribution in [0.2, 0.25) is 0 Å². The predicted molar refractivity (Wildman–Crippen MR) is 72.9 cm³/mol. The van der Waals surface area contributed by atoms with Crippen LogP contribution >= 0.6 is 0 Å². The minimum Gasteiger partial charge on any atom is -0.405 e. The highest BCUT2D eigenvalue weighted by Crippen LogP contribution is 2.32. The minimum atomic E-state index is -4.74. The van der Waals surface area contributed by atoms with Gasteiger partial charge in [-0.1, -0.05) is 19.1 Å². The van der Waals surface area contributed by atoms with Gasteiger partial charge in [-0.2, -0.15) is 0 Å². The third-order valence-corrected chi connectivity index (χ3v) is 2.61. The highest BCUT2D eigenvalue weighted by atomic mass is 19.4. The molecule has 1 aromatic heterocycles. The van der Waals surface area contributed by atoms with E-state index in [4.69, 9.17) is 0 Å². The van der Waals surface area contributed by atoms with E-state index < -0.39 is 6.36 Å². The summed E-state index contributed by atoms with van der Waals surface area (Å²) in [4.78, 5) is 0. The van der Waals surface area contributed by atoms with Crippen molar-refractivity contribution in [3.8, 4) is 17.0 Å². The lowest BCUT2D eigenvalue weighted by atomic mass is 10.1. The molecule has 2 rings (SSSR count). The summed E-state index contributed by atoms with van der Waals surface area (Å²) in [5.41, 5.74) is 0.557. The summed E-state index contributed by atoms with van der Waals surface area (Å²) in [5, 5.41) is 10.9. The fraction of sp³-hybridized carbons (Fsp3) is 0.286. The van der Waals surface area contributed by atoms with Gasteiger partial charge in [0.25, 0.3) is 0 Å². The molecular formula is C14H14F3N3O. The second-order valence-electron chi connectivity index (χ2n) is 4.27. The van der Waals surface area contributed by atoms with Gasteiger partial charge in [-0.15, -0.1) is 23.4 Å². The van der Waals surface area contributed by atoms with E-state index in [2.05, 4.69) is 20.3 Å². The third kappa shape index (κ3) is 4.34. The number of halogens is 3. The Kier molecular flexibility index (Phi) is 4.62. The van der Waals surface area contributed by atoms with Crippen molar-refractivity contribution in [2.45, 2.75) is 19.7 Å². The molecule has 0 aliphatic carbocycles. The normalized spacial score (nSPS) is 11.2. The van der Waals surface area contributed by atoms with Crippen LogP contribution in [0.15, 0.2) is 36.4 Å². The molecule has 1 heterocycles. The maximum absolute atomic E-state index is 12.4. The highest BCUT2D eigenvalue weighted by molar-refractivity contribution is 5.67. The van der Waals surface area contributed by atoms with E-state index in [-0.39, 0.29) is 11.3 Å². The molecule has 2 aromatic rings. The molecule has 112 valence electrons. The van der Waals surface area contributed by atoms with Gasteiger partial charge in [-0.05, 0) is 30.7 Å². The molecule has 0 saturated carbocycles. The lowest BCUT2D eigenvalue weighted by molar-refractivity contribution is -0.274. The van der Waals surface area contributed by atoms with E-state index in [1.165, 1.54) is 18.2 Å². The zero-order valence-corrected chi connectivity index (χ0v) is 11.3. The van der Waals surface area contributed by atoms with Crippen molar-refractivity contribution in [1.82, 2.24) is 10.2 Å². The Morgan fingerprint density at radius 2 is 1.86 bits per heavy atom. The highest BCUT2D eigenvalue weighted by Gasteiger charge is 2.32. The summed E-state index contributed by atoms with van der Waals surface area (Å²) in [6.45, 7) is 2.77. The molecule has 0 saturated heterocycles. The number of anilines is 1. The van der Waals surface area contributed by atoms with Crippen molar-refractivity contribution < 1.29 is 17.9 Å². The lowest BCUT2D eigenvalue weighted by Gasteiger charge is -2.12. The maximum atomic E-state index is 12.4. The molecule has 1 aromatic carbocycles. The van der Waals surface area contributed by atoms with Crippen molar-refractivity contribution in [2.75, 3.05) is 11.9 Å². The van der Waals surface area contributed by atoms with Crippen LogP contribution in [0, 0.1) is 0 Å². The van der Waals surface area contributed by atoms with Crippen molar-refractivity contribution in [3.63, 3.8) is 0 Å². The predicted octanol–water partition coefficient (Wildman–Crippen LogP) is 3.86. The maximum Gasteiger partial charge on any atom is 0.573 e. The number of aromatic nitrogens is 2. The lowest BCUT2D eigenvalue weighted by Crippen LogP contribution is -2.17. The molecule has 0 spiro atoms. The first-order valence-corrected chi connectivity index (χ1v) is 6.42. The summed E-state index contributed by atoms with van der Waals surface area (Å²) in [5.74, 6) is 0.281. The molecule has 0 bridgehead atoms. The Bertz CT molecular complexity index is 585. The molecule has 4 nitrogen and oxygen atoms in total. The quantitative estimate of drug-likeness (QED) is 0.910. The largest absolute Gasteiger partial charge is 0.573 e. The molecule has 21 heavy (non-hydrogen) atoms. The van der Waals surface area contributed by atoms with Gasteiger partial charge in [0, 0.05) is 12.1 Å². The summed E-state index contributed by atoms with van der Waals surface area (Å²) >= 11 is 0. The molecule has 0 amide bonds. The number of nitrogens with one attached hydrogen (secondary N) is 1. The first-order valence-electron chi connectivity index (χ1n) is 6.42. The molecular weight excluding hydrogens is 283 g/mol. The average molecular weight is 297 g/mol.